The van der Waals surface area contributed by atoms with Gasteiger partial charge < -0.3 is 28.3 Å². The van der Waals surface area contributed by atoms with E-state index in [9.17, 15) is 14.6 Å². The number of hydrogen-bond acceptors (Lipinski definition) is 6. The van der Waals surface area contributed by atoms with Crippen molar-refractivity contribution >= 4 is 7.82 Å². The molecule has 0 aliphatic rings. The summed E-state index contributed by atoms with van der Waals surface area (Å²) in [7, 11) is 1.40. The van der Waals surface area contributed by atoms with Crippen LogP contribution in [0.15, 0.2) is 0 Å². The average Bonchev–Trinajstić information content (AvgIpc) is 2.71. The van der Waals surface area contributed by atoms with E-state index in [-0.39, 0.29) is 13.2 Å². The minimum atomic E-state index is -4.44. The van der Waals surface area contributed by atoms with Gasteiger partial charge >= 0.3 is 0 Å². The van der Waals surface area contributed by atoms with Crippen molar-refractivity contribution < 1.29 is 32.8 Å². The standard InChI is InChI=1S/C24H52NO6P/c1-5-6-7-8-9-10-11-12-13-14-15-16-17-18-20-29-23-24(22-26)31-32(27,28)30-21-19-25(2,3)4/h24,26H,5-23H2,1-4H3. The van der Waals surface area contributed by atoms with Crippen LogP contribution >= 0.6 is 7.82 Å². The fourth-order valence-electron chi connectivity index (χ4n) is 3.37. The Morgan fingerprint density at radius 1 is 0.812 bits per heavy atom. The summed E-state index contributed by atoms with van der Waals surface area (Å²) in [5.74, 6) is 0. The smallest absolute Gasteiger partial charge is 0.268 e. The van der Waals surface area contributed by atoms with Crippen molar-refractivity contribution in [3.63, 3.8) is 0 Å². The number of aliphatic hydroxyl groups excluding tert-OH is 1. The molecule has 0 aromatic heterocycles. The van der Waals surface area contributed by atoms with E-state index in [1.165, 1.54) is 77.0 Å². The van der Waals surface area contributed by atoms with E-state index in [0.29, 0.717) is 17.6 Å². The molecule has 1 N–H and O–H groups in total. The number of rotatable bonds is 24. The molecule has 0 spiro atoms. The molecule has 7 nitrogen and oxygen atoms in total. The van der Waals surface area contributed by atoms with Gasteiger partial charge in [-0.1, -0.05) is 90.4 Å². The highest BCUT2D eigenvalue weighted by Crippen LogP contribution is 2.39. The van der Waals surface area contributed by atoms with Gasteiger partial charge in [-0.25, -0.2) is 0 Å². The van der Waals surface area contributed by atoms with Crippen LogP contribution in [0.1, 0.15) is 96.8 Å². The first-order chi connectivity index (χ1) is 15.2. The molecule has 0 saturated carbocycles. The Morgan fingerprint density at radius 2 is 1.28 bits per heavy atom. The lowest BCUT2D eigenvalue weighted by Crippen LogP contribution is -2.37. The largest absolute Gasteiger partial charge is 0.756 e. The fourth-order valence-corrected chi connectivity index (χ4v) is 4.23. The van der Waals surface area contributed by atoms with E-state index in [1.54, 1.807) is 0 Å². The third kappa shape index (κ3) is 23.2. The number of likely N-dealkylation sites (N-methyl/N-ethyl adjacent to an activating group) is 1. The van der Waals surface area contributed by atoms with Crippen LogP contribution < -0.4 is 4.89 Å². The molecule has 0 aliphatic heterocycles. The van der Waals surface area contributed by atoms with E-state index in [0.717, 1.165) is 12.8 Å². The van der Waals surface area contributed by atoms with Crippen molar-refractivity contribution in [1.29, 1.82) is 0 Å². The van der Waals surface area contributed by atoms with Gasteiger partial charge in [0, 0.05) is 6.61 Å². The van der Waals surface area contributed by atoms with Gasteiger partial charge in [-0.05, 0) is 6.42 Å². The zero-order valence-corrected chi connectivity index (χ0v) is 22.3. The summed E-state index contributed by atoms with van der Waals surface area (Å²) in [6.45, 7) is 3.00. The van der Waals surface area contributed by atoms with Crippen molar-refractivity contribution in [1.82, 2.24) is 0 Å². The van der Waals surface area contributed by atoms with E-state index < -0.39 is 20.5 Å². The SMILES string of the molecule is CCCCCCCCCCCCCCCCOCC(CO)OP(=O)([O-])OCC[N+](C)(C)C. The van der Waals surface area contributed by atoms with Gasteiger partial charge in [-0.3, -0.25) is 4.57 Å². The van der Waals surface area contributed by atoms with Crippen molar-refractivity contribution in [3.8, 4) is 0 Å². The topological polar surface area (TPSA) is 88.0 Å². The maximum absolute atomic E-state index is 11.9. The maximum atomic E-state index is 11.9. The first-order valence-electron chi connectivity index (χ1n) is 12.8. The summed E-state index contributed by atoms with van der Waals surface area (Å²) in [4.78, 5) is 11.9. The molecule has 0 aromatic carbocycles. The lowest BCUT2D eigenvalue weighted by Gasteiger charge is -2.29. The Bertz CT molecular complexity index is 458. The summed E-state index contributed by atoms with van der Waals surface area (Å²) in [6, 6.07) is 0. The van der Waals surface area contributed by atoms with Gasteiger partial charge in [0.2, 0.25) is 0 Å². The number of quaternary nitrogens is 1. The van der Waals surface area contributed by atoms with Gasteiger partial charge in [0.05, 0.1) is 34.4 Å². The van der Waals surface area contributed by atoms with Crippen LogP contribution in [0.4, 0.5) is 0 Å². The predicted molar refractivity (Wildman–Crippen MR) is 130 cm³/mol. The summed E-state index contributed by atoms with van der Waals surface area (Å²) >= 11 is 0. The van der Waals surface area contributed by atoms with Crippen LogP contribution in [0.3, 0.4) is 0 Å². The van der Waals surface area contributed by atoms with Crippen LogP contribution in [0.2, 0.25) is 0 Å². The number of phosphoric ester groups is 1. The summed E-state index contributed by atoms with van der Waals surface area (Å²) in [5, 5.41) is 9.35. The van der Waals surface area contributed by atoms with Crippen LogP contribution in [-0.2, 0) is 18.3 Å². The summed E-state index contributed by atoms with van der Waals surface area (Å²) in [6.07, 6.45) is 17.3. The molecule has 0 bridgehead atoms. The van der Waals surface area contributed by atoms with Crippen molar-refractivity contribution in [3.05, 3.63) is 0 Å². The van der Waals surface area contributed by atoms with E-state index >= 15 is 0 Å². The molecule has 0 rings (SSSR count). The maximum Gasteiger partial charge on any atom is 0.268 e. The molecule has 194 valence electrons. The minimum absolute atomic E-state index is 0.0415. The molecule has 0 aliphatic carbocycles. The van der Waals surface area contributed by atoms with Crippen LogP contribution in [-0.4, -0.2) is 69.8 Å². The van der Waals surface area contributed by atoms with Crippen molar-refractivity contribution in [2.45, 2.75) is 103 Å². The minimum Gasteiger partial charge on any atom is -0.756 e. The van der Waals surface area contributed by atoms with Crippen molar-refractivity contribution in [2.75, 3.05) is 54.1 Å². The predicted octanol–water partition coefficient (Wildman–Crippen LogP) is 5.05. The Labute approximate surface area is 198 Å². The second kappa shape index (κ2) is 20.4. The molecule has 2 atom stereocenters. The fraction of sp³-hybridized carbons (Fsp3) is 1.00. The van der Waals surface area contributed by atoms with Gasteiger partial charge in [0.1, 0.15) is 19.3 Å². The molecule has 32 heavy (non-hydrogen) atoms. The second-order valence-corrected chi connectivity index (χ2v) is 11.2. The number of ether oxygens (including phenoxy) is 1. The van der Waals surface area contributed by atoms with Crippen LogP contribution in [0.5, 0.6) is 0 Å². The number of unbranched alkanes of at least 4 members (excludes halogenated alkanes) is 13. The van der Waals surface area contributed by atoms with Gasteiger partial charge in [-0.2, -0.15) is 0 Å². The second-order valence-electron chi connectivity index (χ2n) is 9.88. The van der Waals surface area contributed by atoms with E-state index in [4.69, 9.17) is 13.8 Å². The molecule has 0 aromatic rings. The zero-order valence-electron chi connectivity index (χ0n) is 21.4. The highest BCUT2D eigenvalue weighted by atomic mass is 31.2. The zero-order chi connectivity index (χ0) is 24.1. The van der Waals surface area contributed by atoms with Gasteiger partial charge in [-0.15, -0.1) is 0 Å². The van der Waals surface area contributed by atoms with Gasteiger partial charge in [0.15, 0.2) is 0 Å². The van der Waals surface area contributed by atoms with Gasteiger partial charge in [0.25, 0.3) is 7.82 Å². The number of phosphoric acid groups is 1. The highest BCUT2D eigenvalue weighted by molar-refractivity contribution is 7.45. The van der Waals surface area contributed by atoms with E-state index in [1.807, 2.05) is 21.1 Å². The molecular weight excluding hydrogens is 429 g/mol. The Kier molecular flexibility index (Phi) is 20.4. The molecule has 0 saturated heterocycles. The van der Waals surface area contributed by atoms with E-state index in [2.05, 4.69) is 6.92 Å². The molecule has 0 fully saturated rings. The molecule has 0 amide bonds. The average molecular weight is 482 g/mol. The lowest BCUT2D eigenvalue weighted by atomic mass is 10.0. The molecular formula is C24H52NO6P. The molecule has 2 unspecified atom stereocenters. The number of hydrogen-bond donors (Lipinski definition) is 1. The Hall–Kier alpha value is -0.0100. The summed E-state index contributed by atoms with van der Waals surface area (Å²) < 4.78 is 27.7. The number of aliphatic hydroxyl groups is 1. The Morgan fingerprint density at radius 3 is 1.72 bits per heavy atom. The highest BCUT2D eigenvalue weighted by Gasteiger charge is 2.19. The van der Waals surface area contributed by atoms with Crippen LogP contribution in [0.25, 0.3) is 0 Å². The summed E-state index contributed by atoms with van der Waals surface area (Å²) in [5.41, 5.74) is 0. The number of nitrogens with zero attached hydrogens (tertiary/aromatic N) is 1. The quantitative estimate of drug-likeness (QED) is 0.118. The molecule has 0 radical (unpaired) electrons. The third-order valence-corrected chi connectivity index (χ3v) is 6.49. The van der Waals surface area contributed by atoms with Crippen LogP contribution in [0, 0.1) is 0 Å². The molecule has 8 heteroatoms. The first-order valence-corrected chi connectivity index (χ1v) is 14.3. The monoisotopic (exact) mass is 481 g/mol. The van der Waals surface area contributed by atoms with Crippen molar-refractivity contribution in [2.24, 2.45) is 0 Å². The normalized spacial score (nSPS) is 15.1. The molecule has 0 heterocycles. The Balaban J connectivity index is 3.55. The lowest BCUT2D eigenvalue weighted by molar-refractivity contribution is -0.870. The third-order valence-electron chi connectivity index (χ3n) is 5.44. The first kappa shape index (κ1) is 32.0.